The van der Waals surface area contributed by atoms with Crippen molar-refractivity contribution in [2.45, 2.75) is 44.6 Å². The molecule has 0 spiro atoms. The number of hydrogen-bond donors (Lipinski definition) is 1. The lowest BCUT2D eigenvalue weighted by Gasteiger charge is -2.55. The lowest BCUT2D eigenvalue weighted by Crippen LogP contribution is -2.55. The van der Waals surface area contributed by atoms with Crippen LogP contribution < -0.4 is 15.1 Å². The first-order valence-corrected chi connectivity index (χ1v) is 14.1. The smallest absolute Gasteiger partial charge is 0.226 e. The van der Waals surface area contributed by atoms with Crippen LogP contribution in [0.2, 0.25) is 0 Å². The van der Waals surface area contributed by atoms with E-state index < -0.39 is 0 Å². The summed E-state index contributed by atoms with van der Waals surface area (Å²) >= 11 is 0. The minimum Gasteiger partial charge on any atom is -0.378 e. The van der Waals surface area contributed by atoms with Crippen molar-refractivity contribution in [3.63, 3.8) is 0 Å². The number of nitrogens with one attached hydrogen (secondary N) is 1. The van der Waals surface area contributed by atoms with E-state index in [2.05, 4.69) is 88.7 Å². The molecule has 1 N–H and O–H groups in total. The van der Waals surface area contributed by atoms with Crippen molar-refractivity contribution in [3.8, 4) is 0 Å². The highest BCUT2D eigenvalue weighted by atomic mass is 16.2. The van der Waals surface area contributed by atoms with Crippen molar-refractivity contribution in [3.05, 3.63) is 60.2 Å². The van der Waals surface area contributed by atoms with Gasteiger partial charge in [-0.3, -0.25) is 9.69 Å². The van der Waals surface area contributed by atoms with E-state index in [1.807, 2.05) is 0 Å². The fourth-order valence-electron chi connectivity index (χ4n) is 8.15. The second-order valence-corrected chi connectivity index (χ2v) is 12.3. The van der Waals surface area contributed by atoms with Gasteiger partial charge >= 0.3 is 0 Å². The fraction of sp³-hybridized carbons (Fsp3) is 0.581. The zero-order chi connectivity index (χ0) is 24.7. The molecule has 1 atom stereocenters. The Hall–Kier alpha value is -2.53. The maximum Gasteiger partial charge on any atom is 0.226 e. The van der Waals surface area contributed by atoms with Gasteiger partial charge in [0.1, 0.15) is 0 Å². The van der Waals surface area contributed by atoms with E-state index in [0.29, 0.717) is 12.5 Å². The molecule has 4 aliphatic carbocycles. The number of para-hydroxylation sites is 1. The van der Waals surface area contributed by atoms with Crippen molar-refractivity contribution in [1.82, 2.24) is 10.2 Å². The average molecular weight is 487 g/mol. The zero-order valence-electron chi connectivity index (χ0n) is 22.0. The van der Waals surface area contributed by atoms with E-state index in [1.165, 1.54) is 36.2 Å². The molecule has 1 amide bonds. The van der Waals surface area contributed by atoms with Crippen LogP contribution in [0.1, 0.15) is 50.1 Å². The Morgan fingerprint density at radius 3 is 2.03 bits per heavy atom. The monoisotopic (exact) mass is 486 g/mol. The first kappa shape index (κ1) is 23.8. The molecule has 1 aliphatic heterocycles. The van der Waals surface area contributed by atoms with Crippen LogP contribution in [0.25, 0.3) is 0 Å². The van der Waals surface area contributed by atoms with E-state index in [1.54, 1.807) is 0 Å². The minimum atomic E-state index is -0.0832. The van der Waals surface area contributed by atoms with Crippen molar-refractivity contribution in [2.24, 2.45) is 23.2 Å². The highest BCUT2D eigenvalue weighted by Gasteiger charge is 2.54. The number of nitrogens with zero attached hydrogens (tertiary/aromatic N) is 3. The van der Waals surface area contributed by atoms with Gasteiger partial charge in [0.2, 0.25) is 5.91 Å². The van der Waals surface area contributed by atoms with E-state index in [9.17, 15) is 4.79 Å². The van der Waals surface area contributed by atoms with Crippen molar-refractivity contribution in [1.29, 1.82) is 0 Å². The summed E-state index contributed by atoms with van der Waals surface area (Å²) in [6.07, 6.45) is 7.51. The number of carbonyl (C=O) groups is 1. The SMILES string of the molecule is CN(C)c1ccc([C@@H](CNC(=O)C23CC4CC(CC(C4)C2)C3)N2CCN(c3ccccc3)CC2)cc1. The maximum atomic E-state index is 13.8. The molecule has 5 nitrogen and oxygen atoms in total. The molecule has 192 valence electrons. The third-order valence-electron chi connectivity index (χ3n) is 9.65. The summed E-state index contributed by atoms with van der Waals surface area (Å²) in [6.45, 7) is 4.73. The number of anilines is 2. The van der Waals surface area contributed by atoms with Gasteiger partial charge in [-0.2, -0.15) is 0 Å². The van der Waals surface area contributed by atoms with Gasteiger partial charge in [-0.25, -0.2) is 0 Å². The molecular formula is C31H42N4O. The molecule has 1 saturated heterocycles. The second-order valence-electron chi connectivity index (χ2n) is 12.3. The summed E-state index contributed by atoms with van der Waals surface area (Å²) in [5.41, 5.74) is 3.74. The summed E-state index contributed by atoms with van der Waals surface area (Å²) < 4.78 is 0. The molecule has 0 unspecified atom stereocenters. The summed E-state index contributed by atoms with van der Waals surface area (Å²) in [5.74, 6) is 2.73. The normalized spacial score (nSPS) is 30.3. The number of amides is 1. The van der Waals surface area contributed by atoms with Crippen LogP contribution in [-0.2, 0) is 4.79 Å². The summed E-state index contributed by atoms with van der Waals surface area (Å²) in [7, 11) is 4.17. The lowest BCUT2D eigenvalue weighted by molar-refractivity contribution is -0.146. The molecule has 7 rings (SSSR count). The Labute approximate surface area is 216 Å². The molecule has 0 radical (unpaired) electrons. The standard InChI is InChI=1S/C31H42N4O/c1-33(2)27-10-8-26(9-11-27)29(35-14-12-34(13-15-35)28-6-4-3-5-7-28)22-32-30(36)31-19-23-16-24(20-31)18-25(17-23)21-31/h3-11,23-25,29H,12-22H2,1-2H3,(H,32,36)/t23?,24?,25?,29-,31?/m1/s1. The number of piperazine rings is 1. The maximum absolute atomic E-state index is 13.8. The number of rotatable bonds is 7. The predicted octanol–water partition coefficient (Wildman–Crippen LogP) is 4.95. The second kappa shape index (κ2) is 9.74. The van der Waals surface area contributed by atoms with Gasteiger partial charge in [0, 0.05) is 63.6 Å². The largest absolute Gasteiger partial charge is 0.378 e. The van der Waals surface area contributed by atoms with Crippen molar-refractivity contribution in [2.75, 3.05) is 56.6 Å². The summed E-state index contributed by atoms with van der Waals surface area (Å²) in [5, 5.41) is 3.51. The molecular weight excluding hydrogens is 444 g/mol. The van der Waals surface area contributed by atoms with Gasteiger partial charge in [-0.1, -0.05) is 30.3 Å². The number of benzene rings is 2. The van der Waals surface area contributed by atoms with Crippen LogP contribution in [0, 0.1) is 23.2 Å². The van der Waals surface area contributed by atoms with Crippen molar-refractivity contribution >= 4 is 17.3 Å². The molecule has 5 aliphatic rings. The van der Waals surface area contributed by atoms with Gasteiger partial charge in [0.15, 0.2) is 0 Å². The lowest BCUT2D eigenvalue weighted by atomic mass is 9.49. The van der Waals surface area contributed by atoms with Gasteiger partial charge in [-0.15, -0.1) is 0 Å². The van der Waals surface area contributed by atoms with Gasteiger partial charge in [0.05, 0.1) is 6.04 Å². The summed E-state index contributed by atoms with van der Waals surface area (Å²) in [4.78, 5) is 21.0. The third kappa shape index (κ3) is 4.63. The Bertz CT molecular complexity index is 1010. The number of carbonyl (C=O) groups excluding carboxylic acids is 1. The van der Waals surface area contributed by atoms with Crippen molar-refractivity contribution < 1.29 is 4.79 Å². The van der Waals surface area contributed by atoms with E-state index >= 15 is 0 Å². The molecule has 5 heteroatoms. The number of hydrogen-bond acceptors (Lipinski definition) is 4. The van der Waals surface area contributed by atoms with Crippen LogP contribution in [0.3, 0.4) is 0 Å². The molecule has 4 bridgehead atoms. The van der Waals surface area contributed by atoms with Gasteiger partial charge in [0.25, 0.3) is 0 Å². The molecule has 2 aromatic carbocycles. The van der Waals surface area contributed by atoms with Crippen LogP contribution in [0.5, 0.6) is 0 Å². The molecule has 2 aromatic rings. The molecule has 36 heavy (non-hydrogen) atoms. The average Bonchev–Trinajstić information content (AvgIpc) is 2.89. The molecule has 4 saturated carbocycles. The highest BCUT2D eigenvalue weighted by Crippen LogP contribution is 2.60. The Morgan fingerprint density at radius 2 is 1.47 bits per heavy atom. The minimum absolute atomic E-state index is 0.0832. The quantitative estimate of drug-likeness (QED) is 0.601. The molecule has 5 fully saturated rings. The predicted molar refractivity (Wildman–Crippen MR) is 147 cm³/mol. The van der Waals surface area contributed by atoms with Gasteiger partial charge < -0.3 is 15.1 Å². The zero-order valence-corrected chi connectivity index (χ0v) is 22.0. The molecule has 1 heterocycles. The van der Waals surface area contributed by atoms with Crippen LogP contribution in [-0.4, -0.2) is 57.6 Å². The first-order valence-electron chi connectivity index (χ1n) is 14.1. The first-order chi connectivity index (χ1) is 17.5. The van der Waals surface area contributed by atoms with E-state index in [4.69, 9.17) is 0 Å². The summed E-state index contributed by atoms with van der Waals surface area (Å²) in [6, 6.07) is 19.9. The van der Waals surface area contributed by atoms with Crippen LogP contribution >= 0.6 is 0 Å². The van der Waals surface area contributed by atoms with Gasteiger partial charge in [-0.05, 0) is 86.1 Å². The molecule has 0 aromatic heterocycles. The fourth-order valence-corrected chi connectivity index (χ4v) is 8.15. The van der Waals surface area contributed by atoms with Crippen LogP contribution in [0.4, 0.5) is 11.4 Å². The Kier molecular flexibility index (Phi) is 6.45. The van der Waals surface area contributed by atoms with Crippen LogP contribution in [0.15, 0.2) is 54.6 Å². The van der Waals surface area contributed by atoms with E-state index in [0.717, 1.165) is 63.2 Å². The Morgan fingerprint density at radius 1 is 0.889 bits per heavy atom. The van der Waals surface area contributed by atoms with E-state index in [-0.39, 0.29) is 11.5 Å². The third-order valence-corrected chi connectivity index (χ3v) is 9.65. The topological polar surface area (TPSA) is 38.8 Å². The highest BCUT2D eigenvalue weighted by molar-refractivity contribution is 5.83. The Balaban J connectivity index is 1.17.